The van der Waals surface area contributed by atoms with Crippen molar-refractivity contribution >= 4 is 11.0 Å². The van der Waals surface area contributed by atoms with E-state index in [0.717, 1.165) is 33.8 Å². The monoisotopic (exact) mass is 268 g/mol. The maximum atomic E-state index is 8.40. The van der Waals surface area contributed by atoms with Crippen LogP contribution in [-0.2, 0) is 6.54 Å². The largest absolute Gasteiger partial charge is 0.345 e. The Hall–Kier alpha value is -2.50. The van der Waals surface area contributed by atoms with Crippen molar-refractivity contribution in [1.29, 1.82) is 5.41 Å². The molecular weight excluding hydrogens is 252 g/mol. The summed E-state index contributed by atoms with van der Waals surface area (Å²) in [6.45, 7) is 6.55. The number of aryl methyl sites for hydroxylation is 3. The maximum absolute atomic E-state index is 8.40. The summed E-state index contributed by atoms with van der Waals surface area (Å²) in [6, 6.07) is 1.96. The third-order valence-corrected chi connectivity index (χ3v) is 3.40. The molecule has 6 heteroatoms. The van der Waals surface area contributed by atoms with Crippen LogP contribution in [0.15, 0.2) is 18.6 Å². The highest BCUT2D eigenvalue weighted by Gasteiger charge is 2.12. The van der Waals surface area contributed by atoms with E-state index in [1.54, 1.807) is 12.5 Å². The molecule has 0 aliphatic rings. The molecule has 0 aliphatic carbocycles. The molecule has 0 radical (unpaired) electrons. The van der Waals surface area contributed by atoms with E-state index in [4.69, 9.17) is 5.41 Å². The number of hydrogen-bond donors (Lipinski definition) is 2. The van der Waals surface area contributed by atoms with Gasteiger partial charge < -0.3 is 9.55 Å². The SMILES string of the molecule is CCn1c(=N)c(-c2cnc[nH]2)cc2c(C)nc(C)nc21. The summed E-state index contributed by atoms with van der Waals surface area (Å²) in [5.74, 6) is 0.728. The number of nitrogens with one attached hydrogen (secondary N) is 2. The van der Waals surface area contributed by atoms with E-state index in [1.165, 1.54) is 0 Å². The molecule has 3 aromatic heterocycles. The van der Waals surface area contributed by atoms with E-state index in [1.807, 2.05) is 31.4 Å². The molecule has 0 spiro atoms. The van der Waals surface area contributed by atoms with Crippen LogP contribution in [0.2, 0.25) is 0 Å². The van der Waals surface area contributed by atoms with Crippen LogP contribution in [0.25, 0.3) is 22.3 Å². The average molecular weight is 268 g/mol. The van der Waals surface area contributed by atoms with Crippen LogP contribution < -0.4 is 5.49 Å². The first-order valence-electron chi connectivity index (χ1n) is 6.54. The maximum Gasteiger partial charge on any atom is 0.145 e. The van der Waals surface area contributed by atoms with Crippen LogP contribution in [-0.4, -0.2) is 24.5 Å². The van der Waals surface area contributed by atoms with Gasteiger partial charge in [-0.1, -0.05) is 0 Å². The Balaban J connectivity index is 2.46. The van der Waals surface area contributed by atoms with Gasteiger partial charge in [0.15, 0.2) is 0 Å². The molecule has 0 unspecified atom stereocenters. The average Bonchev–Trinajstić information content (AvgIpc) is 2.92. The van der Waals surface area contributed by atoms with Crippen LogP contribution in [0.3, 0.4) is 0 Å². The Morgan fingerprint density at radius 1 is 1.30 bits per heavy atom. The van der Waals surface area contributed by atoms with Crippen molar-refractivity contribution in [2.75, 3.05) is 0 Å². The first-order valence-corrected chi connectivity index (χ1v) is 6.54. The number of rotatable bonds is 2. The highest BCUT2D eigenvalue weighted by Crippen LogP contribution is 2.20. The van der Waals surface area contributed by atoms with Crippen molar-refractivity contribution < 1.29 is 0 Å². The molecule has 0 aliphatic heterocycles. The molecule has 102 valence electrons. The summed E-state index contributed by atoms with van der Waals surface area (Å²) in [7, 11) is 0. The first-order chi connectivity index (χ1) is 9.61. The lowest BCUT2D eigenvalue weighted by molar-refractivity contribution is 0.722. The van der Waals surface area contributed by atoms with Crippen LogP contribution in [0.4, 0.5) is 0 Å². The zero-order valence-electron chi connectivity index (χ0n) is 11.7. The van der Waals surface area contributed by atoms with E-state index < -0.39 is 0 Å². The van der Waals surface area contributed by atoms with Gasteiger partial charge in [-0.15, -0.1) is 0 Å². The number of H-pyrrole nitrogens is 1. The molecule has 0 atom stereocenters. The lowest BCUT2D eigenvalue weighted by Crippen LogP contribution is -2.23. The van der Waals surface area contributed by atoms with Crippen molar-refractivity contribution in [3.8, 4) is 11.3 Å². The van der Waals surface area contributed by atoms with E-state index >= 15 is 0 Å². The van der Waals surface area contributed by atoms with Crippen LogP contribution in [0, 0.1) is 19.3 Å². The topological polar surface area (TPSA) is 83.2 Å². The van der Waals surface area contributed by atoms with Crippen molar-refractivity contribution in [3.63, 3.8) is 0 Å². The summed E-state index contributed by atoms with van der Waals surface area (Å²) in [5.41, 5.74) is 3.81. The van der Waals surface area contributed by atoms with Crippen molar-refractivity contribution in [3.05, 3.63) is 35.6 Å². The molecule has 3 rings (SSSR count). The van der Waals surface area contributed by atoms with Crippen LogP contribution in [0.5, 0.6) is 0 Å². The van der Waals surface area contributed by atoms with Crippen LogP contribution >= 0.6 is 0 Å². The number of aromatic nitrogens is 5. The van der Waals surface area contributed by atoms with Gasteiger partial charge in [-0.25, -0.2) is 15.0 Å². The lowest BCUT2D eigenvalue weighted by Gasteiger charge is -2.13. The van der Waals surface area contributed by atoms with Crippen LogP contribution in [0.1, 0.15) is 18.4 Å². The third kappa shape index (κ3) is 1.80. The van der Waals surface area contributed by atoms with Gasteiger partial charge in [0.25, 0.3) is 0 Å². The third-order valence-electron chi connectivity index (χ3n) is 3.40. The van der Waals surface area contributed by atoms with Crippen molar-refractivity contribution in [2.24, 2.45) is 0 Å². The van der Waals surface area contributed by atoms with Crippen molar-refractivity contribution in [1.82, 2.24) is 24.5 Å². The van der Waals surface area contributed by atoms with Crippen molar-refractivity contribution in [2.45, 2.75) is 27.3 Å². The summed E-state index contributed by atoms with van der Waals surface area (Å²) < 4.78 is 1.90. The molecule has 0 saturated heterocycles. The fourth-order valence-electron chi connectivity index (χ4n) is 2.46. The molecule has 6 nitrogen and oxygen atoms in total. The summed E-state index contributed by atoms with van der Waals surface area (Å²) in [4.78, 5) is 16.0. The molecule has 0 saturated carbocycles. The quantitative estimate of drug-likeness (QED) is 0.745. The van der Waals surface area contributed by atoms with E-state index in [0.29, 0.717) is 12.0 Å². The molecular formula is C14H16N6. The number of nitrogens with zero attached hydrogens (tertiary/aromatic N) is 4. The predicted molar refractivity (Wildman–Crippen MR) is 76.1 cm³/mol. The highest BCUT2D eigenvalue weighted by atomic mass is 15.1. The van der Waals surface area contributed by atoms with Gasteiger partial charge in [-0.3, -0.25) is 5.41 Å². The molecule has 2 N–H and O–H groups in total. The predicted octanol–water partition coefficient (Wildman–Crippen LogP) is 1.94. The smallest absolute Gasteiger partial charge is 0.145 e. The first kappa shape index (κ1) is 12.5. The standard InChI is InChI=1S/C14H16N6/c1-4-20-13(15)11(12-6-16-7-17-12)5-10-8(2)18-9(3)19-14(10)20/h5-7,15H,4H2,1-3H3,(H,16,17). The Kier molecular flexibility index (Phi) is 2.85. The molecule has 3 heterocycles. The summed E-state index contributed by atoms with van der Waals surface area (Å²) in [6.07, 6.45) is 3.34. The number of imidazole rings is 1. The number of pyridine rings is 1. The van der Waals surface area contributed by atoms with Gasteiger partial charge in [0.1, 0.15) is 17.0 Å². The number of aromatic amines is 1. The Morgan fingerprint density at radius 2 is 2.10 bits per heavy atom. The lowest BCUT2D eigenvalue weighted by atomic mass is 10.1. The Morgan fingerprint density at radius 3 is 2.75 bits per heavy atom. The van der Waals surface area contributed by atoms with E-state index in [2.05, 4.69) is 19.9 Å². The zero-order valence-corrected chi connectivity index (χ0v) is 11.7. The van der Waals surface area contributed by atoms with Gasteiger partial charge in [0, 0.05) is 17.5 Å². The molecule has 0 aromatic carbocycles. The molecule has 3 aromatic rings. The number of fused-ring (bicyclic) bond motifs is 1. The Bertz CT molecular complexity index is 829. The molecule has 0 amide bonds. The Labute approximate surface area is 116 Å². The summed E-state index contributed by atoms with van der Waals surface area (Å²) in [5, 5.41) is 9.37. The highest BCUT2D eigenvalue weighted by molar-refractivity contribution is 5.82. The fourth-order valence-corrected chi connectivity index (χ4v) is 2.46. The second-order valence-electron chi connectivity index (χ2n) is 4.71. The van der Waals surface area contributed by atoms with Gasteiger partial charge in [-0.05, 0) is 26.8 Å². The van der Waals surface area contributed by atoms with E-state index in [9.17, 15) is 0 Å². The van der Waals surface area contributed by atoms with Gasteiger partial charge in [0.05, 0.1) is 23.9 Å². The zero-order chi connectivity index (χ0) is 14.3. The fraction of sp³-hybridized carbons (Fsp3) is 0.286. The van der Waals surface area contributed by atoms with E-state index in [-0.39, 0.29) is 0 Å². The molecule has 0 fully saturated rings. The summed E-state index contributed by atoms with van der Waals surface area (Å²) >= 11 is 0. The molecule has 20 heavy (non-hydrogen) atoms. The van der Waals surface area contributed by atoms with Gasteiger partial charge >= 0.3 is 0 Å². The second kappa shape index (κ2) is 4.56. The molecule has 0 bridgehead atoms. The minimum Gasteiger partial charge on any atom is -0.345 e. The second-order valence-corrected chi connectivity index (χ2v) is 4.71. The normalized spacial score (nSPS) is 11.2. The number of hydrogen-bond acceptors (Lipinski definition) is 4. The minimum absolute atomic E-state index is 0.432. The van der Waals surface area contributed by atoms with Gasteiger partial charge in [0.2, 0.25) is 0 Å². The minimum atomic E-state index is 0.432. The van der Waals surface area contributed by atoms with Gasteiger partial charge in [-0.2, -0.15) is 0 Å².